The average molecular weight is 242 g/mol. The van der Waals surface area contributed by atoms with E-state index in [2.05, 4.69) is 0 Å². The second-order valence-corrected chi connectivity index (χ2v) is 5.11. The summed E-state index contributed by atoms with van der Waals surface area (Å²) in [6, 6.07) is 0.159. The van der Waals surface area contributed by atoms with Gasteiger partial charge in [0.15, 0.2) is 0 Å². The smallest absolute Gasteiger partial charge is 0.222 e. The van der Waals surface area contributed by atoms with Crippen molar-refractivity contribution in [3.8, 4) is 0 Å². The van der Waals surface area contributed by atoms with Gasteiger partial charge in [-0.25, -0.2) is 0 Å². The normalized spacial score (nSPS) is 22.2. The molecule has 2 N–H and O–H groups in total. The van der Waals surface area contributed by atoms with Gasteiger partial charge < -0.3 is 15.4 Å². The molecule has 0 aromatic heterocycles. The molecule has 0 aliphatic carbocycles. The molecule has 0 radical (unpaired) electrons. The van der Waals surface area contributed by atoms with Gasteiger partial charge in [-0.2, -0.15) is 0 Å². The summed E-state index contributed by atoms with van der Waals surface area (Å²) in [5, 5.41) is 0. The van der Waals surface area contributed by atoms with Gasteiger partial charge in [0, 0.05) is 32.7 Å². The summed E-state index contributed by atoms with van der Waals surface area (Å²) in [4.78, 5) is 13.6. The first-order valence-corrected chi connectivity index (χ1v) is 6.70. The number of rotatable bonds is 6. The van der Waals surface area contributed by atoms with Gasteiger partial charge >= 0.3 is 0 Å². The highest BCUT2D eigenvalue weighted by Crippen LogP contribution is 2.17. The van der Waals surface area contributed by atoms with E-state index in [1.165, 1.54) is 12.8 Å². The molecule has 100 valence electrons. The van der Waals surface area contributed by atoms with Crippen molar-refractivity contribution in [3.05, 3.63) is 0 Å². The molecule has 4 heteroatoms. The summed E-state index contributed by atoms with van der Waals surface area (Å²) >= 11 is 0. The topological polar surface area (TPSA) is 55.6 Å². The van der Waals surface area contributed by atoms with Crippen molar-refractivity contribution in [1.82, 2.24) is 4.90 Å². The van der Waals surface area contributed by atoms with Crippen LogP contribution < -0.4 is 5.73 Å². The lowest BCUT2D eigenvalue weighted by Crippen LogP contribution is -2.32. The van der Waals surface area contributed by atoms with Gasteiger partial charge in [0.25, 0.3) is 0 Å². The first kappa shape index (κ1) is 14.5. The minimum Gasteiger partial charge on any atom is -0.378 e. The summed E-state index contributed by atoms with van der Waals surface area (Å²) < 4.78 is 5.62. The lowest BCUT2D eigenvalue weighted by Gasteiger charge is -2.24. The van der Waals surface area contributed by atoms with Crippen molar-refractivity contribution in [1.29, 1.82) is 0 Å². The van der Waals surface area contributed by atoms with Gasteiger partial charge in [-0.15, -0.1) is 0 Å². The van der Waals surface area contributed by atoms with E-state index in [-0.39, 0.29) is 11.9 Å². The van der Waals surface area contributed by atoms with Crippen LogP contribution in [-0.2, 0) is 9.53 Å². The highest BCUT2D eigenvalue weighted by molar-refractivity contribution is 5.75. The molecule has 2 unspecified atom stereocenters. The minimum absolute atomic E-state index is 0.159. The van der Waals surface area contributed by atoms with Crippen LogP contribution in [0.3, 0.4) is 0 Å². The van der Waals surface area contributed by atoms with Crippen molar-refractivity contribution in [2.45, 2.75) is 57.6 Å². The third kappa shape index (κ3) is 6.03. The van der Waals surface area contributed by atoms with Gasteiger partial charge in [-0.05, 0) is 39.0 Å². The Morgan fingerprint density at radius 3 is 2.88 bits per heavy atom. The number of nitrogens with zero attached hydrogens (tertiary/aromatic N) is 1. The maximum absolute atomic E-state index is 11.8. The second-order valence-electron chi connectivity index (χ2n) is 5.11. The van der Waals surface area contributed by atoms with E-state index in [0.29, 0.717) is 12.5 Å². The van der Waals surface area contributed by atoms with Crippen LogP contribution in [0.2, 0.25) is 0 Å². The lowest BCUT2D eigenvalue weighted by atomic mass is 10.0. The summed E-state index contributed by atoms with van der Waals surface area (Å²) in [6.07, 6.45) is 6.13. The van der Waals surface area contributed by atoms with Gasteiger partial charge in [0.05, 0.1) is 6.10 Å². The molecule has 0 aromatic carbocycles. The number of ether oxygens (including phenoxy) is 1. The molecule has 0 saturated carbocycles. The van der Waals surface area contributed by atoms with Crippen molar-refractivity contribution in [2.24, 2.45) is 5.73 Å². The van der Waals surface area contributed by atoms with Crippen molar-refractivity contribution in [2.75, 3.05) is 20.2 Å². The molecule has 2 atom stereocenters. The van der Waals surface area contributed by atoms with E-state index in [1.54, 1.807) is 4.90 Å². The maximum Gasteiger partial charge on any atom is 0.222 e. The number of carbonyl (C=O) groups is 1. The van der Waals surface area contributed by atoms with E-state index in [4.69, 9.17) is 10.5 Å². The van der Waals surface area contributed by atoms with Crippen LogP contribution in [0.5, 0.6) is 0 Å². The highest BCUT2D eigenvalue weighted by atomic mass is 16.5. The first-order valence-electron chi connectivity index (χ1n) is 6.70. The predicted molar refractivity (Wildman–Crippen MR) is 68.7 cm³/mol. The Morgan fingerprint density at radius 2 is 2.29 bits per heavy atom. The Balaban J connectivity index is 2.14. The molecule has 0 aromatic rings. The van der Waals surface area contributed by atoms with E-state index in [0.717, 1.165) is 32.4 Å². The van der Waals surface area contributed by atoms with Crippen LogP contribution in [0.1, 0.15) is 45.4 Å². The molecule has 1 rings (SSSR count). The second kappa shape index (κ2) is 7.67. The van der Waals surface area contributed by atoms with Crippen LogP contribution in [0, 0.1) is 0 Å². The van der Waals surface area contributed by atoms with Crippen LogP contribution >= 0.6 is 0 Å². The van der Waals surface area contributed by atoms with E-state index in [1.807, 2.05) is 14.0 Å². The van der Waals surface area contributed by atoms with Gasteiger partial charge in [0.1, 0.15) is 0 Å². The lowest BCUT2D eigenvalue weighted by molar-refractivity contribution is -0.131. The van der Waals surface area contributed by atoms with Crippen LogP contribution in [0.25, 0.3) is 0 Å². The monoisotopic (exact) mass is 242 g/mol. The van der Waals surface area contributed by atoms with Crippen molar-refractivity contribution < 1.29 is 9.53 Å². The fourth-order valence-corrected chi connectivity index (χ4v) is 2.03. The number of carbonyl (C=O) groups excluding carboxylic acids is 1. The van der Waals surface area contributed by atoms with E-state index in [9.17, 15) is 4.79 Å². The van der Waals surface area contributed by atoms with Crippen molar-refractivity contribution in [3.63, 3.8) is 0 Å². The van der Waals surface area contributed by atoms with Crippen molar-refractivity contribution >= 4 is 5.91 Å². The summed E-state index contributed by atoms with van der Waals surface area (Å²) in [5.41, 5.74) is 5.67. The molecule has 0 spiro atoms. The SMILES string of the molecule is CC(N)CCN(C)C(=O)CCC1CCCCO1. The van der Waals surface area contributed by atoms with E-state index < -0.39 is 0 Å². The third-order valence-electron chi connectivity index (χ3n) is 3.30. The summed E-state index contributed by atoms with van der Waals surface area (Å²) in [7, 11) is 1.85. The number of nitrogens with two attached hydrogens (primary N) is 1. The molecule has 17 heavy (non-hydrogen) atoms. The van der Waals surface area contributed by atoms with Crippen LogP contribution in [-0.4, -0.2) is 43.2 Å². The quantitative estimate of drug-likeness (QED) is 0.768. The molecule has 1 saturated heterocycles. The predicted octanol–water partition coefficient (Wildman–Crippen LogP) is 1.53. The number of hydrogen-bond acceptors (Lipinski definition) is 3. The Hall–Kier alpha value is -0.610. The summed E-state index contributed by atoms with van der Waals surface area (Å²) in [5.74, 6) is 0.208. The molecule has 4 nitrogen and oxygen atoms in total. The maximum atomic E-state index is 11.8. The highest BCUT2D eigenvalue weighted by Gasteiger charge is 2.16. The van der Waals surface area contributed by atoms with Gasteiger partial charge in [-0.3, -0.25) is 4.79 Å². The number of hydrogen-bond donors (Lipinski definition) is 1. The third-order valence-corrected chi connectivity index (χ3v) is 3.30. The molecular weight excluding hydrogens is 216 g/mol. The Kier molecular flexibility index (Phi) is 6.52. The Labute approximate surface area is 104 Å². The zero-order valence-corrected chi connectivity index (χ0v) is 11.2. The standard InChI is InChI=1S/C13H26N2O2/c1-11(14)8-9-15(2)13(16)7-6-12-5-3-4-10-17-12/h11-12H,3-10,14H2,1-2H3. The molecule has 1 heterocycles. The molecule has 1 amide bonds. The zero-order chi connectivity index (χ0) is 12.7. The Morgan fingerprint density at radius 1 is 1.53 bits per heavy atom. The fourth-order valence-electron chi connectivity index (χ4n) is 2.03. The zero-order valence-electron chi connectivity index (χ0n) is 11.2. The largest absolute Gasteiger partial charge is 0.378 e. The molecule has 1 aliphatic rings. The fraction of sp³-hybridized carbons (Fsp3) is 0.923. The van der Waals surface area contributed by atoms with E-state index >= 15 is 0 Å². The Bertz CT molecular complexity index is 225. The number of amides is 1. The summed E-state index contributed by atoms with van der Waals surface area (Å²) in [6.45, 7) is 3.58. The first-order chi connectivity index (χ1) is 8.09. The van der Waals surface area contributed by atoms with Gasteiger partial charge in [0.2, 0.25) is 5.91 Å². The van der Waals surface area contributed by atoms with Gasteiger partial charge in [-0.1, -0.05) is 0 Å². The van der Waals surface area contributed by atoms with Crippen LogP contribution in [0.15, 0.2) is 0 Å². The van der Waals surface area contributed by atoms with Crippen LogP contribution in [0.4, 0.5) is 0 Å². The molecular formula is C13H26N2O2. The minimum atomic E-state index is 0.159. The molecule has 1 aliphatic heterocycles. The molecule has 1 fully saturated rings. The average Bonchev–Trinajstić information content (AvgIpc) is 2.34. The molecule has 0 bridgehead atoms.